The summed E-state index contributed by atoms with van der Waals surface area (Å²) >= 11 is 0.235. The van der Waals surface area contributed by atoms with E-state index >= 15 is 0 Å². The van der Waals surface area contributed by atoms with Crippen molar-refractivity contribution in [2.24, 2.45) is 11.8 Å². The maximum atomic E-state index is 2.75. The molecular weight excluding hydrogens is 734 g/mol. The van der Waals surface area contributed by atoms with Gasteiger partial charge in [-0.05, 0) is 0 Å². The molecule has 0 saturated carbocycles. The fourth-order valence-corrected chi connectivity index (χ4v) is 20.4. The molecule has 0 fully saturated rings. The number of unbranched alkanes of at least 4 members (excludes halogenated alkanes) is 2. The van der Waals surface area contributed by atoms with Gasteiger partial charge < -0.3 is 0 Å². The standard InChI is InChI=1S/C30H42S2.6CH3.2Sn/c1-5-9-11-21(7-3)17-23-19-27(29-25(23)13-15-31-29)28-20-24(26-14-16-32-30(26)28)18-22(8-4)12-10-6-2;;;;;;;;/h13-14,21-24H,5-12,17-20H2,1-4H3;6*1H3;;/b28-27-;;;;;;;;. The quantitative estimate of drug-likeness (QED) is 0.167. The van der Waals surface area contributed by atoms with Gasteiger partial charge in [0.15, 0.2) is 0 Å². The van der Waals surface area contributed by atoms with Crippen LogP contribution in [-0.4, -0.2) is 36.8 Å². The van der Waals surface area contributed by atoms with Crippen molar-refractivity contribution < 1.29 is 0 Å². The van der Waals surface area contributed by atoms with E-state index in [1.165, 1.54) is 77.0 Å². The fourth-order valence-electron chi connectivity index (χ4n) is 7.23. The van der Waals surface area contributed by atoms with E-state index in [1.54, 1.807) is 32.0 Å². The van der Waals surface area contributed by atoms with Gasteiger partial charge in [0.05, 0.1) is 0 Å². The number of hydrogen-bond donors (Lipinski definition) is 0. The Morgan fingerprint density at radius 2 is 1.02 bits per heavy atom. The molecule has 2 aliphatic carbocycles. The summed E-state index contributed by atoms with van der Waals surface area (Å²) in [5.74, 6) is 3.30. The van der Waals surface area contributed by atoms with Crippen LogP contribution in [0.2, 0.25) is 29.6 Å². The van der Waals surface area contributed by atoms with E-state index in [9.17, 15) is 0 Å². The molecule has 4 atom stereocenters. The van der Waals surface area contributed by atoms with Crippen LogP contribution in [0.1, 0.15) is 137 Å². The topological polar surface area (TPSA) is 0 Å². The first kappa shape index (κ1) is 33.6. The molecule has 4 rings (SSSR count). The maximum absolute atomic E-state index is 2.75. The molecule has 2 aromatic rings. The van der Waals surface area contributed by atoms with Crippen molar-refractivity contribution in [3.05, 3.63) is 33.0 Å². The van der Waals surface area contributed by atoms with E-state index in [-0.39, 0.29) is 0 Å². The Balaban J connectivity index is 1.77. The molecule has 4 heteroatoms. The molecule has 0 spiro atoms. The van der Waals surface area contributed by atoms with Crippen molar-refractivity contribution in [3.8, 4) is 0 Å². The molecule has 40 heavy (non-hydrogen) atoms. The molecule has 4 unspecified atom stereocenters. The molecule has 0 N–H and O–H groups in total. The number of rotatable bonds is 14. The Hall–Kier alpha value is 0.737. The van der Waals surface area contributed by atoms with Crippen molar-refractivity contribution in [2.75, 3.05) is 0 Å². The first-order valence-electron chi connectivity index (χ1n) is 16.9. The van der Waals surface area contributed by atoms with Gasteiger partial charge in [-0.3, -0.25) is 0 Å². The molecular formula is C36H60S2Sn2. The molecule has 2 heterocycles. The number of fused-ring (bicyclic) bond motifs is 2. The van der Waals surface area contributed by atoms with Crippen LogP contribution >= 0.6 is 22.7 Å². The van der Waals surface area contributed by atoms with Crippen LogP contribution < -0.4 is 5.79 Å². The Kier molecular flexibility index (Phi) is 12.0. The Morgan fingerprint density at radius 1 is 0.650 bits per heavy atom. The van der Waals surface area contributed by atoms with E-state index in [0.717, 1.165) is 23.7 Å². The summed E-state index contributed by atoms with van der Waals surface area (Å²) in [7, 11) is 0. The summed E-state index contributed by atoms with van der Waals surface area (Å²) in [4.78, 5) is 19.2. The van der Waals surface area contributed by atoms with Gasteiger partial charge in [-0.1, -0.05) is 0 Å². The van der Waals surface area contributed by atoms with E-state index in [2.05, 4.69) is 92.1 Å². The van der Waals surface area contributed by atoms with Crippen molar-refractivity contribution in [1.82, 2.24) is 0 Å². The van der Waals surface area contributed by atoms with Crippen LogP contribution in [0.5, 0.6) is 0 Å². The van der Waals surface area contributed by atoms with Crippen LogP contribution in [0.15, 0.2) is 12.1 Å². The summed E-state index contributed by atoms with van der Waals surface area (Å²) in [5, 5.41) is 0. The van der Waals surface area contributed by atoms with Crippen molar-refractivity contribution >= 4 is 76.4 Å². The second kappa shape index (κ2) is 14.2. The van der Waals surface area contributed by atoms with Gasteiger partial charge in [-0.2, -0.15) is 0 Å². The molecule has 0 nitrogen and oxygen atoms in total. The third kappa shape index (κ3) is 7.68. The van der Waals surface area contributed by atoms with Gasteiger partial charge in [0, 0.05) is 0 Å². The second-order valence-corrected chi connectivity index (χ2v) is 48.3. The summed E-state index contributed by atoms with van der Waals surface area (Å²) in [6.07, 6.45) is 16.5. The van der Waals surface area contributed by atoms with Crippen LogP contribution in [0, 0.1) is 11.8 Å². The van der Waals surface area contributed by atoms with Gasteiger partial charge in [0.25, 0.3) is 0 Å². The van der Waals surface area contributed by atoms with Crippen molar-refractivity contribution in [1.29, 1.82) is 0 Å². The van der Waals surface area contributed by atoms with Gasteiger partial charge in [0.1, 0.15) is 0 Å². The van der Waals surface area contributed by atoms with Crippen LogP contribution in [0.4, 0.5) is 0 Å². The first-order chi connectivity index (χ1) is 18.9. The molecule has 0 aliphatic heterocycles. The van der Waals surface area contributed by atoms with Gasteiger partial charge in [-0.25, -0.2) is 0 Å². The third-order valence-electron chi connectivity index (χ3n) is 10.0. The van der Waals surface area contributed by atoms with Gasteiger partial charge >= 0.3 is 267 Å². The summed E-state index contributed by atoms with van der Waals surface area (Å²) in [6.45, 7) is 9.62. The summed E-state index contributed by atoms with van der Waals surface area (Å²) in [6, 6.07) is 5.50. The Labute approximate surface area is 265 Å². The van der Waals surface area contributed by atoms with Gasteiger partial charge in [0.2, 0.25) is 0 Å². The van der Waals surface area contributed by atoms with E-state index in [1.807, 2.05) is 5.79 Å². The Morgan fingerprint density at radius 3 is 1.32 bits per heavy atom. The average molecular weight is 794 g/mol. The number of allylic oxidation sites excluding steroid dienone is 2. The van der Waals surface area contributed by atoms with Crippen molar-refractivity contribution in [2.45, 2.75) is 146 Å². The zero-order chi connectivity index (χ0) is 29.2. The molecule has 0 aromatic carbocycles. The second-order valence-electron chi connectivity index (χ2n) is 15.4. The number of hydrogen-bond acceptors (Lipinski definition) is 2. The molecule has 0 radical (unpaired) electrons. The Bertz CT molecular complexity index is 1060. The minimum atomic E-state index is -2.13. The minimum absolute atomic E-state index is 0.759. The molecule has 0 amide bonds. The van der Waals surface area contributed by atoms with Crippen molar-refractivity contribution in [3.63, 3.8) is 0 Å². The predicted octanol–water partition coefficient (Wildman–Crippen LogP) is 12.0. The monoisotopic (exact) mass is 796 g/mol. The molecule has 0 saturated heterocycles. The van der Waals surface area contributed by atoms with E-state index < -0.39 is 36.8 Å². The predicted molar refractivity (Wildman–Crippen MR) is 192 cm³/mol. The van der Waals surface area contributed by atoms with Crippen LogP contribution in [0.25, 0.3) is 11.1 Å². The average Bonchev–Trinajstić information content (AvgIpc) is 3.65. The van der Waals surface area contributed by atoms with E-state index in [0.29, 0.717) is 0 Å². The first-order valence-corrected chi connectivity index (χ1v) is 38.5. The molecule has 0 bridgehead atoms. The SMILES string of the molecule is CCCCC(CC)CC1C/C(=C2\CC(CC(CC)CCCC)c3c[c]([Sn]([CH3])([CH3])[CH3])sc32)c2s[c]([Sn]([CH3])([CH3])[CH3])cc21. The number of thiophene rings is 2. The summed E-state index contributed by atoms with van der Waals surface area (Å²) in [5.41, 5.74) is 7.16. The zero-order valence-electron chi connectivity index (χ0n) is 27.8. The van der Waals surface area contributed by atoms with E-state index in [4.69, 9.17) is 0 Å². The third-order valence-corrected chi connectivity index (χ3v) is 31.3. The van der Waals surface area contributed by atoms with Crippen LogP contribution in [-0.2, 0) is 0 Å². The van der Waals surface area contributed by atoms with Crippen LogP contribution in [0.3, 0.4) is 0 Å². The molecule has 224 valence electrons. The fraction of sp³-hybridized carbons (Fsp3) is 0.722. The molecule has 2 aromatic heterocycles. The molecule has 2 aliphatic rings. The normalized spacial score (nSPS) is 22.6. The van der Waals surface area contributed by atoms with Gasteiger partial charge in [-0.15, -0.1) is 0 Å². The zero-order valence-corrected chi connectivity index (χ0v) is 35.1. The summed E-state index contributed by atoms with van der Waals surface area (Å²) < 4.78 is 3.61.